The highest BCUT2D eigenvalue weighted by Crippen LogP contribution is 2.21. The van der Waals surface area contributed by atoms with Crippen molar-refractivity contribution < 1.29 is 32.6 Å². The van der Waals surface area contributed by atoms with Crippen molar-refractivity contribution in [1.82, 2.24) is 0 Å². The number of benzene rings is 2. The van der Waals surface area contributed by atoms with E-state index >= 15 is 0 Å². The quantitative estimate of drug-likeness (QED) is 0.530. The number of carbonyl (C=O) groups excluding carboxylic acids is 2. The number of methoxy groups -OCH3 is 1. The van der Waals surface area contributed by atoms with E-state index in [9.17, 15) is 18.4 Å². The van der Waals surface area contributed by atoms with Crippen LogP contribution in [0.3, 0.4) is 0 Å². The zero-order valence-corrected chi connectivity index (χ0v) is 14.7. The van der Waals surface area contributed by atoms with Gasteiger partial charge in [0.05, 0.1) is 12.7 Å². The van der Waals surface area contributed by atoms with Crippen LogP contribution in [0.2, 0.25) is 0 Å². The molecule has 0 aromatic heterocycles. The SMILES string of the molecule is COC(=O)c1ccc(C=CC(=O)OC(C)c2ccc(OC(F)F)cc2)cc1. The molecule has 27 heavy (non-hydrogen) atoms. The number of hydrogen-bond acceptors (Lipinski definition) is 5. The summed E-state index contributed by atoms with van der Waals surface area (Å²) in [4.78, 5) is 23.3. The van der Waals surface area contributed by atoms with E-state index in [0.29, 0.717) is 16.7 Å². The molecule has 0 N–H and O–H groups in total. The fraction of sp³-hybridized carbons (Fsp3) is 0.200. The lowest BCUT2D eigenvalue weighted by atomic mass is 10.1. The maximum absolute atomic E-state index is 12.1. The first-order valence-corrected chi connectivity index (χ1v) is 8.01. The number of carbonyl (C=O) groups is 2. The first-order valence-electron chi connectivity index (χ1n) is 8.01. The van der Waals surface area contributed by atoms with E-state index in [2.05, 4.69) is 9.47 Å². The molecule has 2 aromatic rings. The molecule has 0 aliphatic carbocycles. The van der Waals surface area contributed by atoms with Crippen LogP contribution in [-0.4, -0.2) is 25.7 Å². The van der Waals surface area contributed by atoms with Crippen molar-refractivity contribution in [3.63, 3.8) is 0 Å². The first kappa shape index (κ1) is 20.1. The second kappa shape index (κ2) is 9.47. The van der Waals surface area contributed by atoms with Gasteiger partial charge in [-0.25, -0.2) is 9.59 Å². The van der Waals surface area contributed by atoms with Crippen LogP contribution < -0.4 is 4.74 Å². The lowest BCUT2D eigenvalue weighted by molar-refractivity contribution is -0.142. The third kappa shape index (κ3) is 6.22. The minimum atomic E-state index is -2.89. The number of alkyl halides is 2. The molecule has 0 aliphatic rings. The minimum absolute atomic E-state index is 0.0302. The average Bonchev–Trinajstić information content (AvgIpc) is 2.66. The Labute approximate surface area is 155 Å². The first-order chi connectivity index (χ1) is 12.9. The van der Waals surface area contributed by atoms with Crippen molar-refractivity contribution in [2.24, 2.45) is 0 Å². The molecule has 1 atom stereocenters. The van der Waals surface area contributed by atoms with E-state index in [4.69, 9.17) is 4.74 Å². The maximum Gasteiger partial charge on any atom is 0.387 e. The van der Waals surface area contributed by atoms with E-state index in [1.807, 2.05) is 0 Å². The highest BCUT2D eigenvalue weighted by atomic mass is 19.3. The van der Waals surface area contributed by atoms with Crippen LogP contribution in [0.15, 0.2) is 54.6 Å². The van der Waals surface area contributed by atoms with Crippen molar-refractivity contribution in [1.29, 1.82) is 0 Å². The van der Waals surface area contributed by atoms with Crippen LogP contribution in [0.25, 0.3) is 6.08 Å². The summed E-state index contributed by atoms with van der Waals surface area (Å²) in [7, 11) is 1.30. The predicted molar refractivity (Wildman–Crippen MR) is 94.4 cm³/mol. The van der Waals surface area contributed by atoms with Gasteiger partial charge < -0.3 is 14.2 Å². The fourth-order valence-corrected chi connectivity index (χ4v) is 2.21. The van der Waals surface area contributed by atoms with Gasteiger partial charge in [0.25, 0.3) is 0 Å². The Morgan fingerprint density at radius 2 is 1.63 bits per heavy atom. The van der Waals surface area contributed by atoms with E-state index in [0.717, 1.165) is 0 Å². The second-order valence-corrected chi connectivity index (χ2v) is 5.47. The molecule has 2 aromatic carbocycles. The van der Waals surface area contributed by atoms with Gasteiger partial charge in [-0.3, -0.25) is 0 Å². The molecule has 0 bridgehead atoms. The molecule has 0 fully saturated rings. The van der Waals surface area contributed by atoms with Gasteiger partial charge >= 0.3 is 18.6 Å². The van der Waals surface area contributed by atoms with Gasteiger partial charge in [-0.15, -0.1) is 0 Å². The average molecular weight is 376 g/mol. The summed E-state index contributed by atoms with van der Waals surface area (Å²) in [6.45, 7) is -1.22. The molecular formula is C20H18F2O5. The van der Waals surface area contributed by atoms with Gasteiger partial charge in [0.1, 0.15) is 11.9 Å². The summed E-state index contributed by atoms with van der Waals surface area (Å²) in [5.74, 6) is -0.973. The van der Waals surface area contributed by atoms with Crippen molar-refractivity contribution in [3.05, 3.63) is 71.3 Å². The van der Waals surface area contributed by atoms with Crippen LogP contribution in [0.5, 0.6) is 5.75 Å². The molecule has 5 nitrogen and oxygen atoms in total. The predicted octanol–water partition coefficient (Wildman–Crippen LogP) is 4.39. The lowest BCUT2D eigenvalue weighted by Crippen LogP contribution is -2.06. The molecular weight excluding hydrogens is 358 g/mol. The summed E-state index contributed by atoms with van der Waals surface area (Å²) < 4.78 is 38.4. The van der Waals surface area contributed by atoms with Gasteiger partial charge in [-0.05, 0) is 48.4 Å². The van der Waals surface area contributed by atoms with Crippen molar-refractivity contribution in [2.75, 3.05) is 7.11 Å². The third-order valence-electron chi connectivity index (χ3n) is 3.61. The Balaban J connectivity index is 1.92. The zero-order chi connectivity index (χ0) is 19.8. The number of ether oxygens (including phenoxy) is 3. The largest absolute Gasteiger partial charge is 0.465 e. The normalized spacial score (nSPS) is 12.0. The Morgan fingerprint density at radius 3 is 2.19 bits per heavy atom. The van der Waals surface area contributed by atoms with Gasteiger partial charge in [0.2, 0.25) is 0 Å². The van der Waals surface area contributed by atoms with Crippen molar-refractivity contribution in [2.45, 2.75) is 19.6 Å². The third-order valence-corrected chi connectivity index (χ3v) is 3.61. The maximum atomic E-state index is 12.1. The standard InChI is InChI=1S/C20H18F2O5/c1-13(15-8-10-17(11-9-15)27-20(21)22)26-18(23)12-5-14-3-6-16(7-4-14)19(24)25-2/h3-13,20H,1-2H3. The van der Waals surface area contributed by atoms with E-state index < -0.39 is 24.7 Å². The fourth-order valence-electron chi connectivity index (χ4n) is 2.21. The molecule has 0 aliphatic heterocycles. The van der Waals surface area contributed by atoms with Gasteiger partial charge in [0.15, 0.2) is 0 Å². The summed E-state index contributed by atoms with van der Waals surface area (Å²) in [5.41, 5.74) is 1.76. The zero-order valence-electron chi connectivity index (χ0n) is 14.7. The highest BCUT2D eigenvalue weighted by molar-refractivity contribution is 5.90. The van der Waals surface area contributed by atoms with Crippen LogP contribution in [0.4, 0.5) is 8.78 Å². The minimum Gasteiger partial charge on any atom is -0.465 e. The van der Waals surface area contributed by atoms with Gasteiger partial charge in [0, 0.05) is 6.08 Å². The Hall–Kier alpha value is -3.22. The summed E-state index contributed by atoms with van der Waals surface area (Å²) in [6.07, 6.45) is 2.25. The Morgan fingerprint density at radius 1 is 1.00 bits per heavy atom. The topological polar surface area (TPSA) is 61.8 Å². The molecule has 142 valence electrons. The van der Waals surface area contributed by atoms with Crippen molar-refractivity contribution >= 4 is 18.0 Å². The highest BCUT2D eigenvalue weighted by Gasteiger charge is 2.11. The Bertz CT molecular complexity index is 798. The van der Waals surface area contributed by atoms with Crippen LogP contribution >= 0.6 is 0 Å². The molecule has 0 saturated heterocycles. The van der Waals surface area contributed by atoms with Gasteiger partial charge in [-0.2, -0.15) is 8.78 Å². The van der Waals surface area contributed by atoms with E-state index in [1.54, 1.807) is 49.4 Å². The molecule has 0 amide bonds. The molecule has 7 heteroatoms. The number of rotatable bonds is 7. The molecule has 2 rings (SSSR count). The molecule has 1 unspecified atom stereocenters. The second-order valence-electron chi connectivity index (χ2n) is 5.47. The van der Waals surface area contributed by atoms with E-state index in [1.165, 1.54) is 25.3 Å². The summed E-state index contributed by atoms with van der Waals surface area (Å²) in [6, 6.07) is 12.4. The monoisotopic (exact) mass is 376 g/mol. The number of halogens is 2. The Kier molecular flexibility index (Phi) is 7.05. The van der Waals surface area contributed by atoms with Crippen LogP contribution in [0, 0.1) is 0 Å². The lowest BCUT2D eigenvalue weighted by Gasteiger charge is -2.13. The van der Waals surface area contributed by atoms with Gasteiger partial charge in [-0.1, -0.05) is 24.3 Å². The molecule has 0 saturated carbocycles. The summed E-state index contributed by atoms with van der Waals surface area (Å²) >= 11 is 0. The van der Waals surface area contributed by atoms with E-state index in [-0.39, 0.29) is 5.75 Å². The summed E-state index contributed by atoms with van der Waals surface area (Å²) in [5, 5.41) is 0. The molecule has 0 radical (unpaired) electrons. The van der Waals surface area contributed by atoms with Crippen LogP contribution in [-0.2, 0) is 14.3 Å². The smallest absolute Gasteiger partial charge is 0.387 e. The van der Waals surface area contributed by atoms with Crippen molar-refractivity contribution in [3.8, 4) is 5.75 Å². The number of hydrogen-bond donors (Lipinski definition) is 0. The molecule has 0 heterocycles. The molecule has 0 spiro atoms. The number of esters is 2. The van der Waals surface area contributed by atoms with Crippen LogP contribution in [0.1, 0.15) is 34.5 Å².